The van der Waals surface area contributed by atoms with Crippen molar-refractivity contribution in [2.75, 3.05) is 32.2 Å². The Morgan fingerprint density at radius 1 is 1.35 bits per heavy atom. The summed E-state index contributed by atoms with van der Waals surface area (Å²) in [5, 5.41) is 2.74. The summed E-state index contributed by atoms with van der Waals surface area (Å²) >= 11 is 0. The Bertz CT molecular complexity index is 682. The van der Waals surface area contributed by atoms with Gasteiger partial charge < -0.3 is 14.8 Å². The normalized spacial score (nSPS) is 17.8. The monoisotopic (exact) mass is 384 g/mol. The van der Waals surface area contributed by atoms with E-state index < -0.39 is 10.0 Å². The molecule has 7 nitrogen and oxygen atoms in total. The number of anilines is 1. The number of carbonyl (C=O) groups is 1. The summed E-state index contributed by atoms with van der Waals surface area (Å²) in [7, 11) is -1.97. The van der Waals surface area contributed by atoms with Crippen molar-refractivity contribution in [3.63, 3.8) is 0 Å². The summed E-state index contributed by atoms with van der Waals surface area (Å²) in [6.07, 6.45) is 2.46. The number of benzene rings is 1. The van der Waals surface area contributed by atoms with E-state index in [2.05, 4.69) is 5.32 Å². The van der Waals surface area contributed by atoms with Gasteiger partial charge in [0, 0.05) is 25.4 Å². The zero-order valence-corrected chi connectivity index (χ0v) is 16.4. The Morgan fingerprint density at radius 2 is 2.04 bits per heavy atom. The van der Waals surface area contributed by atoms with Crippen molar-refractivity contribution in [3.8, 4) is 0 Å². The van der Waals surface area contributed by atoms with Gasteiger partial charge in [0.1, 0.15) is 0 Å². The molecule has 1 aliphatic rings. The minimum Gasteiger partial charge on any atom is -0.378 e. The molecular weight excluding hydrogens is 356 g/mol. The Hall–Kier alpha value is -1.48. The second kappa shape index (κ2) is 9.45. The Morgan fingerprint density at radius 3 is 2.62 bits per heavy atom. The first-order chi connectivity index (χ1) is 12.3. The van der Waals surface area contributed by atoms with Crippen molar-refractivity contribution in [3.05, 3.63) is 24.3 Å². The molecule has 1 aromatic rings. The van der Waals surface area contributed by atoms with Crippen LogP contribution in [0, 0.1) is 0 Å². The first-order valence-corrected chi connectivity index (χ1v) is 10.3. The van der Waals surface area contributed by atoms with Gasteiger partial charge in [-0.05, 0) is 51.0 Å². The van der Waals surface area contributed by atoms with Gasteiger partial charge in [-0.3, -0.25) is 4.79 Å². The van der Waals surface area contributed by atoms with Crippen molar-refractivity contribution in [2.45, 2.75) is 50.2 Å². The maximum absolute atomic E-state index is 12.4. The van der Waals surface area contributed by atoms with Crippen molar-refractivity contribution >= 4 is 21.6 Å². The Labute approximate surface area is 155 Å². The highest BCUT2D eigenvalue weighted by Crippen LogP contribution is 2.19. The van der Waals surface area contributed by atoms with Gasteiger partial charge in [-0.1, -0.05) is 0 Å². The van der Waals surface area contributed by atoms with Crippen LogP contribution >= 0.6 is 0 Å². The first kappa shape index (κ1) is 20.8. The molecule has 0 aromatic heterocycles. The summed E-state index contributed by atoms with van der Waals surface area (Å²) in [5.41, 5.74) is 0.556. The lowest BCUT2D eigenvalue weighted by Gasteiger charge is -2.21. The van der Waals surface area contributed by atoms with E-state index in [1.54, 1.807) is 19.2 Å². The number of nitrogens with zero attached hydrogens (tertiary/aromatic N) is 1. The summed E-state index contributed by atoms with van der Waals surface area (Å²) in [6.45, 7) is 5.26. The number of sulfonamides is 1. The number of carbonyl (C=O) groups excluding carboxylic acids is 1. The molecule has 0 saturated carbocycles. The molecule has 1 amide bonds. The smallest absolute Gasteiger partial charge is 0.243 e. The zero-order valence-electron chi connectivity index (χ0n) is 15.6. The predicted molar refractivity (Wildman–Crippen MR) is 99.6 cm³/mol. The van der Waals surface area contributed by atoms with Gasteiger partial charge >= 0.3 is 0 Å². The Balaban J connectivity index is 1.79. The van der Waals surface area contributed by atoms with E-state index >= 15 is 0 Å². The zero-order chi connectivity index (χ0) is 19.2. The molecule has 2 rings (SSSR count). The van der Waals surface area contributed by atoms with Gasteiger partial charge in [-0.15, -0.1) is 0 Å². The molecule has 1 fully saturated rings. The van der Waals surface area contributed by atoms with Gasteiger partial charge in [-0.2, -0.15) is 4.31 Å². The standard InChI is InChI=1S/C18H28N2O5S/c1-14(2)20(3)26(22,23)17-8-6-15(7-9-17)19-18(21)10-12-24-13-16-5-4-11-25-16/h6-9,14,16H,4-5,10-13H2,1-3H3,(H,19,21). The SMILES string of the molecule is CC(C)N(C)S(=O)(=O)c1ccc(NC(=O)CCOCC2CCCO2)cc1. The minimum absolute atomic E-state index is 0.131. The summed E-state index contributed by atoms with van der Waals surface area (Å²) in [6, 6.07) is 6.04. The van der Waals surface area contributed by atoms with Crippen molar-refractivity contribution in [1.82, 2.24) is 4.31 Å². The second-order valence-corrected chi connectivity index (χ2v) is 8.64. The van der Waals surface area contributed by atoms with E-state index in [0.29, 0.717) is 18.9 Å². The number of amides is 1. The van der Waals surface area contributed by atoms with Crippen LogP contribution in [0.1, 0.15) is 33.1 Å². The number of ether oxygens (including phenoxy) is 2. The summed E-state index contributed by atoms with van der Waals surface area (Å²) in [4.78, 5) is 12.1. The maximum Gasteiger partial charge on any atom is 0.243 e. The van der Waals surface area contributed by atoms with Crippen molar-refractivity contribution < 1.29 is 22.7 Å². The fraction of sp³-hybridized carbons (Fsp3) is 0.611. The molecule has 1 heterocycles. The third kappa shape index (κ3) is 5.77. The van der Waals surface area contributed by atoms with Gasteiger partial charge in [0.25, 0.3) is 0 Å². The average Bonchev–Trinajstić information content (AvgIpc) is 3.12. The van der Waals surface area contributed by atoms with E-state index in [-0.39, 0.29) is 29.4 Å². The van der Waals surface area contributed by atoms with Gasteiger partial charge in [0.2, 0.25) is 15.9 Å². The third-order valence-electron chi connectivity index (χ3n) is 4.34. The quantitative estimate of drug-likeness (QED) is 0.660. The van der Waals surface area contributed by atoms with E-state index in [1.807, 2.05) is 13.8 Å². The molecule has 1 N–H and O–H groups in total. The molecular formula is C18H28N2O5S. The molecule has 8 heteroatoms. The van der Waals surface area contributed by atoms with Crippen LogP contribution in [0.2, 0.25) is 0 Å². The lowest BCUT2D eigenvalue weighted by Crippen LogP contribution is -2.33. The molecule has 1 atom stereocenters. The van der Waals surface area contributed by atoms with Crippen LogP contribution in [-0.2, 0) is 24.3 Å². The summed E-state index contributed by atoms with van der Waals surface area (Å²) < 4.78 is 37.0. The van der Waals surface area contributed by atoms with Crippen LogP contribution in [0.15, 0.2) is 29.2 Å². The van der Waals surface area contributed by atoms with Crippen LogP contribution in [0.3, 0.4) is 0 Å². The maximum atomic E-state index is 12.4. The fourth-order valence-electron chi connectivity index (χ4n) is 2.53. The van der Waals surface area contributed by atoms with E-state index in [4.69, 9.17) is 9.47 Å². The van der Waals surface area contributed by atoms with Gasteiger partial charge in [0.15, 0.2) is 0 Å². The number of rotatable bonds is 9. The predicted octanol–water partition coefficient (Wildman–Crippen LogP) is 2.24. The molecule has 1 unspecified atom stereocenters. The van der Waals surface area contributed by atoms with Crippen LogP contribution in [0.25, 0.3) is 0 Å². The molecule has 0 bridgehead atoms. The van der Waals surface area contributed by atoms with E-state index in [9.17, 15) is 13.2 Å². The second-order valence-electron chi connectivity index (χ2n) is 6.65. The number of nitrogens with one attached hydrogen (secondary N) is 1. The molecule has 26 heavy (non-hydrogen) atoms. The topological polar surface area (TPSA) is 84.9 Å². The largest absolute Gasteiger partial charge is 0.378 e. The lowest BCUT2D eigenvalue weighted by molar-refractivity contribution is -0.117. The molecule has 0 aliphatic carbocycles. The highest BCUT2D eigenvalue weighted by molar-refractivity contribution is 7.89. The van der Waals surface area contributed by atoms with Crippen molar-refractivity contribution in [2.24, 2.45) is 0 Å². The van der Waals surface area contributed by atoms with Gasteiger partial charge in [-0.25, -0.2) is 8.42 Å². The molecule has 146 valence electrons. The van der Waals surface area contributed by atoms with Crippen LogP contribution in [-0.4, -0.2) is 57.6 Å². The molecule has 1 aliphatic heterocycles. The highest BCUT2D eigenvalue weighted by Gasteiger charge is 2.22. The molecule has 1 aromatic carbocycles. The number of hydrogen-bond acceptors (Lipinski definition) is 5. The van der Waals surface area contributed by atoms with Gasteiger partial charge in [0.05, 0.1) is 30.6 Å². The number of hydrogen-bond donors (Lipinski definition) is 1. The average molecular weight is 384 g/mol. The first-order valence-electron chi connectivity index (χ1n) is 8.88. The van der Waals surface area contributed by atoms with Crippen LogP contribution in [0.4, 0.5) is 5.69 Å². The minimum atomic E-state index is -3.52. The summed E-state index contributed by atoms with van der Waals surface area (Å²) in [5.74, 6) is -0.174. The van der Waals surface area contributed by atoms with Crippen LogP contribution in [0.5, 0.6) is 0 Å². The molecule has 1 saturated heterocycles. The fourth-order valence-corrected chi connectivity index (χ4v) is 3.90. The molecule has 0 radical (unpaired) electrons. The highest BCUT2D eigenvalue weighted by atomic mass is 32.2. The van der Waals surface area contributed by atoms with Crippen molar-refractivity contribution in [1.29, 1.82) is 0 Å². The van der Waals surface area contributed by atoms with Crippen LogP contribution < -0.4 is 5.32 Å². The van der Waals surface area contributed by atoms with E-state index in [1.165, 1.54) is 16.4 Å². The third-order valence-corrected chi connectivity index (χ3v) is 6.39. The lowest BCUT2D eigenvalue weighted by atomic mass is 10.2. The Kier molecular flexibility index (Phi) is 7.57. The molecule has 0 spiro atoms. The van der Waals surface area contributed by atoms with E-state index in [0.717, 1.165) is 19.4 Å².